The summed E-state index contributed by atoms with van der Waals surface area (Å²) in [7, 11) is 0. The third-order valence-electron chi connectivity index (χ3n) is 4.37. The maximum Gasteiger partial charge on any atom is 0.166 e. The summed E-state index contributed by atoms with van der Waals surface area (Å²) in [5.74, 6) is 0. The summed E-state index contributed by atoms with van der Waals surface area (Å²) in [6.07, 6.45) is 8.68. The van der Waals surface area contributed by atoms with Crippen molar-refractivity contribution in [2.75, 3.05) is 13.1 Å². The lowest BCUT2D eigenvalue weighted by molar-refractivity contribution is 0.798. The van der Waals surface area contributed by atoms with E-state index < -0.39 is 0 Å². The molecule has 0 aliphatic rings. The Morgan fingerprint density at radius 1 is 0.767 bits per heavy atom. The minimum absolute atomic E-state index is 0.640. The Morgan fingerprint density at radius 2 is 1.27 bits per heavy atom. The molecule has 30 heavy (non-hydrogen) atoms. The van der Waals surface area contributed by atoms with Gasteiger partial charge < -0.3 is 31.2 Å². The molecule has 0 radical (unpaired) electrons. The summed E-state index contributed by atoms with van der Waals surface area (Å²) >= 11 is 10.7. The second-order valence-electron chi connectivity index (χ2n) is 6.69. The second-order valence-corrected chi connectivity index (χ2v) is 7.51. The van der Waals surface area contributed by atoms with E-state index in [2.05, 4.69) is 59.4 Å². The number of nitrogens with one attached hydrogen (secondary N) is 6. The molecule has 0 atom stereocenters. The summed E-state index contributed by atoms with van der Waals surface area (Å²) < 4.78 is 0. The lowest BCUT2D eigenvalue weighted by Crippen LogP contribution is -2.36. The molecule has 2 aromatic heterocycles. The SMILES string of the molecule is S=C(NCCc1cnc[nH]1)NCc1cccc(CNC(=S)NCCc2cnc[nH]2)c1. The first-order valence-corrected chi connectivity index (χ1v) is 10.6. The molecule has 158 valence electrons. The number of imidazole rings is 2. The largest absolute Gasteiger partial charge is 0.362 e. The minimum Gasteiger partial charge on any atom is -0.362 e. The molecule has 0 fully saturated rings. The average Bonchev–Trinajstić information content (AvgIpc) is 3.45. The lowest BCUT2D eigenvalue weighted by Gasteiger charge is -2.12. The Bertz CT molecular complexity index is 837. The van der Waals surface area contributed by atoms with Crippen molar-refractivity contribution in [1.82, 2.24) is 41.2 Å². The van der Waals surface area contributed by atoms with E-state index >= 15 is 0 Å². The van der Waals surface area contributed by atoms with Crippen LogP contribution in [0.4, 0.5) is 0 Å². The van der Waals surface area contributed by atoms with Crippen molar-refractivity contribution in [2.24, 2.45) is 0 Å². The predicted molar refractivity (Wildman–Crippen MR) is 126 cm³/mol. The van der Waals surface area contributed by atoms with Gasteiger partial charge in [-0.15, -0.1) is 0 Å². The van der Waals surface area contributed by atoms with Gasteiger partial charge in [-0.3, -0.25) is 0 Å². The first-order chi connectivity index (χ1) is 14.7. The molecule has 3 rings (SSSR count). The lowest BCUT2D eigenvalue weighted by atomic mass is 10.1. The Kier molecular flexibility index (Phi) is 8.61. The molecule has 6 N–H and O–H groups in total. The summed E-state index contributed by atoms with van der Waals surface area (Å²) in [6, 6.07) is 8.33. The molecule has 1 aromatic carbocycles. The molecule has 0 bridgehead atoms. The number of nitrogens with zero attached hydrogens (tertiary/aromatic N) is 2. The van der Waals surface area contributed by atoms with Crippen LogP contribution in [0.5, 0.6) is 0 Å². The van der Waals surface area contributed by atoms with Gasteiger partial charge in [0, 0.05) is 62.8 Å². The van der Waals surface area contributed by atoms with Gasteiger partial charge >= 0.3 is 0 Å². The van der Waals surface area contributed by atoms with Gasteiger partial charge in [-0.05, 0) is 35.6 Å². The molecular weight excluding hydrogens is 416 g/mol. The van der Waals surface area contributed by atoms with Crippen molar-refractivity contribution < 1.29 is 0 Å². The standard InChI is InChI=1S/C20H26N8S2/c29-19(23-6-4-17-11-21-13-27-17)25-9-15-2-1-3-16(8-15)10-26-20(30)24-7-5-18-12-22-14-28-18/h1-3,8,11-14H,4-7,9-10H2,(H,21,27)(H,22,28)(H2,23,25,29)(H2,24,26,30). The van der Waals surface area contributed by atoms with E-state index in [9.17, 15) is 0 Å². The van der Waals surface area contributed by atoms with Crippen molar-refractivity contribution in [2.45, 2.75) is 25.9 Å². The van der Waals surface area contributed by atoms with Crippen LogP contribution in [0.3, 0.4) is 0 Å². The van der Waals surface area contributed by atoms with Gasteiger partial charge in [0.05, 0.1) is 12.7 Å². The molecule has 0 saturated heterocycles. The Morgan fingerprint density at radius 3 is 1.70 bits per heavy atom. The molecular formula is C20H26N8S2. The highest BCUT2D eigenvalue weighted by atomic mass is 32.1. The fraction of sp³-hybridized carbons (Fsp3) is 0.300. The minimum atomic E-state index is 0.640. The van der Waals surface area contributed by atoms with Gasteiger partial charge in [0.2, 0.25) is 0 Å². The second kappa shape index (κ2) is 11.9. The van der Waals surface area contributed by atoms with E-state index in [1.165, 1.54) is 0 Å². The van der Waals surface area contributed by atoms with E-state index in [1.807, 2.05) is 18.5 Å². The zero-order chi connectivity index (χ0) is 21.0. The summed E-state index contributed by atoms with van der Waals surface area (Å²) in [5.41, 5.74) is 4.48. The zero-order valence-corrected chi connectivity index (χ0v) is 18.2. The fourth-order valence-electron chi connectivity index (χ4n) is 2.80. The van der Waals surface area contributed by atoms with E-state index in [0.717, 1.165) is 48.4 Å². The van der Waals surface area contributed by atoms with Gasteiger partial charge in [0.15, 0.2) is 10.2 Å². The number of thiocarbonyl (C=S) groups is 2. The fourth-order valence-corrected chi connectivity index (χ4v) is 3.15. The van der Waals surface area contributed by atoms with Gasteiger partial charge in [0.25, 0.3) is 0 Å². The van der Waals surface area contributed by atoms with Crippen molar-refractivity contribution in [3.63, 3.8) is 0 Å². The highest BCUT2D eigenvalue weighted by Crippen LogP contribution is 2.05. The first-order valence-electron chi connectivity index (χ1n) is 9.75. The van der Waals surface area contributed by atoms with Crippen molar-refractivity contribution in [3.8, 4) is 0 Å². The molecule has 10 heteroatoms. The smallest absolute Gasteiger partial charge is 0.166 e. The van der Waals surface area contributed by atoms with Crippen molar-refractivity contribution in [3.05, 3.63) is 71.8 Å². The highest BCUT2D eigenvalue weighted by Gasteiger charge is 2.01. The van der Waals surface area contributed by atoms with Crippen LogP contribution in [0, 0.1) is 0 Å². The van der Waals surface area contributed by atoms with Gasteiger partial charge in [-0.25, -0.2) is 9.97 Å². The van der Waals surface area contributed by atoms with Gasteiger partial charge in [-0.2, -0.15) is 0 Å². The highest BCUT2D eigenvalue weighted by molar-refractivity contribution is 7.80. The van der Waals surface area contributed by atoms with Crippen LogP contribution in [0.1, 0.15) is 22.5 Å². The Hall–Kier alpha value is -2.98. The van der Waals surface area contributed by atoms with Crippen molar-refractivity contribution in [1.29, 1.82) is 0 Å². The van der Waals surface area contributed by atoms with Crippen molar-refractivity contribution >= 4 is 34.7 Å². The normalized spacial score (nSPS) is 10.4. The van der Waals surface area contributed by atoms with Crippen LogP contribution in [0.25, 0.3) is 0 Å². The molecule has 2 heterocycles. The number of benzene rings is 1. The van der Waals surface area contributed by atoms with E-state index in [1.54, 1.807) is 12.7 Å². The third kappa shape index (κ3) is 7.80. The number of rotatable bonds is 10. The van der Waals surface area contributed by atoms with Crippen LogP contribution < -0.4 is 21.3 Å². The summed E-state index contributed by atoms with van der Waals surface area (Å²) in [4.78, 5) is 14.2. The molecule has 0 unspecified atom stereocenters. The summed E-state index contributed by atoms with van der Waals surface area (Å²) in [6.45, 7) is 2.83. The number of hydrogen-bond donors (Lipinski definition) is 6. The van der Waals surface area contributed by atoms with Crippen LogP contribution in [-0.2, 0) is 25.9 Å². The topological polar surface area (TPSA) is 105 Å². The Balaban J connectivity index is 1.32. The van der Waals surface area contributed by atoms with Crippen LogP contribution in [0.15, 0.2) is 49.3 Å². The third-order valence-corrected chi connectivity index (χ3v) is 4.94. The average molecular weight is 443 g/mol. The van der Waals surface area contributed by atoms with Gasteiger partial charge in [0.1, 0.15) is 0 Å². The molecule has 0 aliphatic heterocycles. The zero-order valence-electron chi connectivity index (χ0n) is 16.6. The first kappa shape index (κ1) is 21.7. The molecule has 0 saturated carbocycles. The monoisotopic (exact) mass is 442 g/mol. The van der Waals surface area contributed by atoms with Gasteiger partial charge in [-0.1, -0.05) is 24.3 Å². The van der Waals surface area contributed by atoms with Crippen LogP contribution in [-0.4, -0.2) is 43.3 Å². The Labute approximate surface area is 186 Å². The van der Waals surface area contributed by atoms with E-state index in [-0.39, 0.29) is 0 Å². The van der Waals surface area contributed by atoms with E-state index in [0.29, 0.717) is 23.3 Å². The van der Waals surface area contributed by atoms with E-state index in [4.69, 9.17) is 24.4 Å². The predicted octanol–water partition coefficient (Wildman–Crippen LogP) is 1.55. The number of hydrogen-bond acceptors (Lipinski definition) is 4. The molecule has 0 aliphatic carbocycles. The quantitative estimate of drug-likeness (QED) is 0.263. The molecule has 0 spiro atoms. The maximum absolute atomic E-state index is 5.34. The molecule has 0 amide bonds. The maximum atomic E-state index is 5.34. The number of H-pyrrole nitrogens is 2. The molecule has 3 aromatic rings. The van der Waals surface area contributed by atoms with Crippen LogP contribution >= 0.6 is 24.4 Å². The number of aromatic amines is 2. The molecule has 8 nitrogen and oxygen atoms in total. The van der Waals surface area contributed by atoms with Crippen LogP contribution in [0.2, 0.25) is 0 Å². The number of aromatic nitrogens is 4. The summed E-state index contributed by atoms with van der Waals surface area (Å²) in [5, 5.41) is 14.2.